The molecule has 0 heterocycles. The van der Waals surface area contributed by atoms with Crippen molar-refractivity contribution in [2.45, 2.75) is 18.4 Å². The van der Waals surface area contributed by atoms with Gasteiger partial charge in [-0.25, -0.2) is 8.78 Å². The Hall–Kier alpha value is -1.26. The predicted octanol–water partition coefficient (Wildman–Crippen LogP) is 3.91. The molecule has 19 heavy (non-hydrogen) atoms. The summed E-state index contributed by atoms with van der Waals surface area (Å²) in [5.74, 6) is -1.46. The monoisotopic (exact) mass is 324 g/mol. The molecule has 0 radical (unpaired) electrons. The molecule has 98 valence electrons. The Balaban J connectivity index is 2.26. The van der Waals surface area contributed by atoms with Gasteiger partial charge in [0.25, 0.3) is 0 Å². The van der Waals surface area contributed by atoms with Crippen LogP contribution in [0.2, 0.25) is 0 Å². The van der Waals surface area contributed by atoms with E-state index < -0.39 is 17.2 Å². The van der Waals surface area contributed by atoms with Gasteiger partial charge < -0.3 is 5.11 Å². The first-order chi connectivity index (χ1) is 9.04. The van der Waals surface area contributed by atoms with Crippen LogP contribution in [0.15, 0.2) is 40.9 Å². The van der Waals surface area contributed by atoms with E-state index in [1.54, 1.807) is 12.1 Å². The number of halogens is 3. The Morgan fingerprint density at radius 1 is 1.11 bits per heavy atom. The maximum absolute atomic E-state index is 14.2. The minimum atomic E-state index is -1.59. The topological polar surface area (TPSA) is 20.2 Å². The number of benzene rings is 2. The summed E-state index contributed by atoms with van der Waals surface area (Å²) in [4.78, 5) is 0. The van der Waals surface area contributed by atoms with Gasteiger partial charge >= 0.3 is 0 Å². The molecular formula is C15H11BrF2O. The highest BCUT2D eigenvalue weighted by molar-refractivity contribution is 9.10. The third-order valence-electron chi connectivity index (χ3n) is 3.68. The Morgan fingerprint density at radius 3 is 2.63 bits per heavy atom. The highest BCUT2D eigenvalue weighted by Crippen LogP contribution is 2.44. The van der Waals surface area contributed by atoms with Crippen molar-refractivity contribution in [2.24, 2.45) is 0 Å². The standard InChI is InChI=1S/C15H11BrF2O/c16-11-5-6-12(17)13(14(11)18)15(19)8-7-9-3-1-2-4-10(9)15/h1-6,19H,7-8H2. The molecular weight excluding hydrogens is 314 g/mol. The zero-order valence-corrected chi connectivity index (χ0v) is 11.5. The molecule has 1 atom stereocenters. The van der Waals surface area contributed by atoms with Gasteiger partial charge in [0, 0.05) is 0 Å². The van der Waals surface area contributed by atoms with Crippen LogP contribution < -0.4 is 0 Å². The molecule has 4 heteroatoms. The molecule has 0 spiro atoms. The minimum absolute atomic E-state index is 0.154. The smallest absolute Gasteiger partial charge is 0.146 e. The average molecular weight is 325 g/mol. The fourth-order valence-electron chi connectivity index (χ4n) is 2.76. The van der Waals surface area contributed by atoms with Crippen LogP contribution in [0.1, 0.15) is 23.1 Å². The Morgan fingerprint density at radius 2 is 1.84 bits per heavy atom. The Bertz CT molecular complexity index is 657. The van der Waals surface area contributed by atoms with Crippen molar-refractivity contribution in [1.29, 1.82) is 0 Å². The highest BCUT2D eigenvalue weighted by atomic mass is 79.9. The van der Waals surface area contributed by atoms with Crippen molar-refractivity contribution in [3.05, 3.63) is 69.2 Å². The fraction of sp³-hybridized carbons (Fsp3) is 0.200. The van der Waals surface area contributed by atoms with E-state index >= 15 is 0 Å². The number of aryl methyl sites for hydroxylation is 1. The van der Waals surface area contributed by atoms with Crippen molar-refractivity contribution in [3.8, 4) is 0 Å². The number of hydrogen-bond donors (Lipinski definition) is 1. The highest BCUT2D eigenvalue weighted by Gasteiger charge is 2.42. The molecule has 0 saturated carbocycles. The Kier molecular flexibility index (Phi) is 2.95. The maximum Gasteiger partial charge on any atom is 0.146 e. The summed E-state index contributed by atoms with van der Waals surface area (Å²) in [6, 6.07) is 9.70. The van der Waals surface area contributed by atoms with Crippen LogP contribution in [-0.2, 0) is 12.0 Å². The van der Waals surface area contributed by atoms with E-state index in [1.807, 2.05) is 12.1 Å². The van der Waals surface area contributed by atoms with Crippen molar-refractivity contribution >= 4 is 15.9 Å². The summed E-state index contributed by atoms with van der Waals surface area (Å²) in [6.45, 7) is 0. The molecule has 0 bridgehead atoms. The van der Waals surface area contributed by atoms with Crippen LogP contribution in [0.3, 0.4) is 0 Å². The number of rotatable bonds is 1. The van der Waals surface area contributed by atoms with E-state index in [0.29, 0.717) is 12.0 Å². The maximum atomic E-state index is 14.2. The van der Waals surface area contributed by atoms with E-state index in [-0.39, 0.29) is 16.5 Å². The normalized spacial score (nSPS) is 21.5. The van der Waals surface area contributed by atoms with Crippen LogP contribution in [0.4, 0.5) is 8.78 Å². The largest absolute Gasteiger partial charge is 0.380 e. The van der Waals surface area contributed by atoms with Gasteiger partial charge in [0.15, 0.2) is 0 Å². The van der Waals surface area contributed by atoms with Gasteiger partial charge in [0.2, 0.25) is 0 Å². The molecule has 1 N–H and O–H groups in total. The minimum Gasteiger partial charge on any atom is -0.380 e. The summed E-state index contributed by atoms with van der Waals surface area (Å²) >= 11 is 3.04. The Labute approximate surface area is 118 Å². The predicted molar refractivity (Wildman–Crippen MR) is 71.8 cm³/mol. The second-order valence-corrected chi connectivity index (χ2v) is 5.59. The molecule has 2 aromatic rings. The number of aliphatic hydroxyl groups is 1. The van der Waals surface area contributed by atoms with E-state index in [4.69, 9.17) is 0 Å². The van der Waals surface area contributed by atoms with Crippen molar-refractivity contribution in [1.82, 2.24) is 0 Å². The van der Waals surface area contributed by atoms with Crippen molar-refractivity contribution < 1.29 is 13.9 Å². The van der Waals surface area contributed by atoms with Crippen LogP contribution in [0, 0.1) is 11.6 Å². The molecule has 3 rings (SSSR count). The first kappa shape index (κ1) is 12.8. The second-order valence-electron chi connectivity index (χ2n) is 4.74. The molecule has 0 amide bonds. The van der Waals surface area contributed by atoms with Crippen LogP contribution in [0.25, 0.3) is 0 Å². The molecule has 0 saturated heterocycles. The molecule has 2 aromatic carbocycles. The summed E-state index contributed by atoms with van der Waals surface area (Å²) in [5, 5.41) is 10.8. The quantitative estimate of drug-likeness (QED) is 0.788. The van der Waals surface area contributed by atoms with Gasteiger partial charge in [-0.2, -0.15) is 0 Å². The first-order valence-corrected chi connectivity index (χ1v) is 6.78. The van der Waals surface area contributed by atoms with Gasteiger partial charge in [-0.1, -0.05) is 24.3 Å². The van der Waals surface area contributed by atoms with E-state index in [2.05, 4.69) is 15.9 Å². The van der Waals surface area contributed by atoms with E-state index in [0.717, 1.165) is 5.56 Å². The van der Waals surface area contributed by atoms with Crippen LogP contribution in [-0.4, -0.2) is 5.11 Å². The third kappa shape index (κ3) is 1.82. The SMILES string of the molecule is OC1(c2c(F)ccc(Br)c2F)CCc2ccccc21. The van der Waals surface area contributed by atoms with Crippen LogP contribution in [0.5, 0.6) is 0 Å². The summed E-state index contributed by atoms with van der Waals surface area (Å²) < 4.78 is 28.4. The van der Waals surface area contributed by atoms with Gasteiger partial charge in [0.05, 0.1) is 10.0 Å². The van der Waals surface area contributed by atoms with E-state index in [1.165, 1.54) is 12.1 Å². The number of hydrogen-bond acceptors (Lipinski definition) is 1. The van der Waals surface area contributed by atoms with Crippen molar-refractivity contribution in [2.75, 3.05) is 0 Å². The molecule has 1 aliphatic carbocycles. The zero-order valence-electron chi connectivity index (χ0n) is 9.96. The first-order valence-electron chi connectivity index (χ1n) is 5.99. The molecule has 1 aliphatic rings. The lowest BCUT2D eigenvalue weighted by Crippen LogP contribution is -2.27. The summed E-state index contributed by atoms with van der Waals surface area (Å²) in [5.41, 5.74) is -0.337. The molecule has 1 unspecified atom stereocenters. The fourth-order valence-corrected chi connectivity index (χ4v) is 3.09. The average Bonchev–Trinajstić information content (AvgIpc) is 2.74. The van der Waals surface area contributed by atoms with Gasteiger partial charge in [-0.3, -0.25) is 0 Å². The van der Waals surface area contributed by atoms with Gasteiger partial charge in [-0.15, -0.1) is 0 Å². The van der Waals surface area contributed by atoms with Crippen LogP contribution >= 0.6 is 15.9 Å². The molecule has 0 fully saturated rings. The summed E-state index contributed by atoms with van der Waals surface area (Å²) in [7, 11) is 0. The second kappa shape index (κ2) is 4.39. The lowest BCUT2D eigenvalue weighted by Gasteiger charge is -2.26. The number of fused-ring (bicyclic) bond motifs is 1. The third-order valence-corrected chi connectivity index (χ3v) is 4.29. The molecule has 0 aromatic heterocycles. The van der Waals surface area contributed by atoms with Crippen molar-refractivity contribution in [3.63, 3.8) is 0 Å². The zero-order chi connectivity index (χ0) is 13.6. The van der Waals surface area contributed by atoms with E-state index in [9.17, 15) is 13.9 Å². The summed E-state index contributed by atoms with van der Waals surface area (Å²) in [6.07, 6.45) is 0.898. The van der Waals surface area contributed by atoms with Gasteiger partial charge in [0.1, 0.15) is 17.2 Å². The van der Waals surface area contributed by atoms with Gasteiger partial charge in [-0.05, 0) is 52.0 Å². The lowest BCUT2D eigenvalue weighted by molar-refractivity contribution is 0.0744. The molecule has 1 nitrogen and oxygen atoms in total. The lowest BCUT2D eigenvalue weighted by atomic mass is 9.87. The molecule has 0 aliphatic heterocycles.